The van der Waals surface area contributed by atoms with Gasteiger partial charge < -0.3 is 41.3 Å². The van der Waals surface area contributed by atoms with E-state index >= 15 is 0 Å². The van der Waals surface area contributed by atoms with Crippen molar-refractivity contribution in [3.8, 4) is 0 Å². The molecule has 0 aliphatic rings. The smallest absolute Gasteiger partial charge is 0.234 e. The van der Waals surface area contributed by atoms with E-state index in [0.29, 0.717) is 32.7 Å². The molecule has 0 rings (SSSR count). The predicted molar refractivity (Wildman–Crippen MR) is 428 cm³/mol. The Bertz CT molecular complexity index is 1550. The third kappa shape index (κ3) is 75.3. The zero-order valence-corrected chi connectivity index (χ0v) is 66.9. The van der Waals surface area contributed by atoms with E-state index < -0.39 is 12.2 Å². The Hall–Kier alpha value is -1.83. The van der Waals surface area contributed by atoms with E-state index in [9.17, 15) is 24.6 Å². The first-order chi connectivity index (χ1) is 48.2. The highest BCUT2D eigenvalue weighted by atomic mass is 16.3. The lowest BCUT2D eigenvalue weighted by Crippen LogP contribution is -2.48. The van der Waals surface area contributed by atoms with Crippen LogP contribution in [0.3, 0.4) is 0 Å². The Kier molecular flexibility index (Phi) is 79.3. The minimum atomic E-state index is -0.706. The lowest BCUT2D eigenvalue weighted by Gasteiger charge is -2.29. The molecule has 0 aliphatic heterocycles. The van der Waals surface area contributed by atoms with Crippen LogP contribution in [0.2, 0.25) is 0 Å². The summed E-state index contributed by atoms with van der Waals surface area (Å²) in [7, 11) is 0. The number of unbranched alkanes of at least 4 members (excludes halogenated alkanes) is 56. The number of rotatable bonds is 84. The molecule has 0 radical (unpaired) electrons. The second-order valence-electron chi connectivity index (χ2n) is 30.9. The summed E-state index contributed by atoms with van der Waals surface area (Å²) >= 11 is 0. The Labute approximate surface area is 611 Å². The zero-order chi connectivity index (χ0) is 71.2. The number of nitrogens with zero attached hydrogens (tertiary/aromatic N) is 3. The normalized spacial score (nSPS) is 12.4. The number of carbonyl (C=O) groups excluding carboxylic acids is 3. The molecule has 0 aliphatic carbocycles. The number of aliphatic hydroxyl groups is 2. The summed E-state index contributed by atoms with van der Waals surface area (Å²) in [6.07, 6.45) is 78.5. The van der Waals surface area contributed by atoms with Crippen molar-refractivity contribution in [1.82, 2.24) is 36.0 Å². The standard InChI is InChI=1S/C86H175N7O5/c1-6-11-16-21-26-31-36-41-46-51-56-61-68-88-84(96)76-87-75-82(94)77-91(71-64-59-54-49-44-39-34-29-24-19-14-9-4)73-66-67-74-92(72-65-60-55-50-45-40-35-30-25-20-15-10-5)78-83(95)79-93(80-85(97)89-69-62-57-52-47-42-37-32-27-22-17-12-7-2)81-86(98)90-70-63-58-53-48-43-38-33-28-23-18-13-8-3/h82-83,87,94-95H,6-81H2,1-5H3,(H,88,96)(H,89,97)(H,90,98). The van der Waals surface area contributed by atoms with Gasteiger partial charge in [-0.2, -0.15) is 0 Å². The van der Waals surface area contributed by atoms with Crippen molar-refractivity contribution in [2.75, 3.05) is 91.6 Å². The number of carbonyl (C=O) groups is 3. The van der Waals surface area contributed by atoms with E-state index in [2.05, 4.69) is 65.7 Å². The molecule has 6 N–H and O–H groups in total. The highest BCUT2D eigenvalue weighted by Gasteiger charge is 2.21. The minimum Gasteiger partial charge on any atom is -0.390 e. The highest BCUT2D eigenvalue weighted by Crippen LogP contribution is 2.18. The van der Waals surface area contributed by atoms with Gasteiger partial charge in [0.05, 0.1) is 31.8 Å². The van der Waals surface area contributed by atoms with E-state index in [-0.39, 0.29) is 43.9 Å². The average molecular weight is 1390 g/mol. The number of aliphatic hydroxyl groups excluding tert-OH is 2. The lowest BCUT2D eigenvalue weighted by molar-refractivity contribution is -0.126. The van der Waals surface area contributed by atoms with E-state index in [1.807, 2.05) is 4.90 Å². The molecule has 0 saturated heterocycles. The maximum absolute atomic E-state index is 13.6. The molecule has 0 aromatic carbocycles. The van der Waals surface area contributed by atoms with Gasteiger partial charge in [0.15, 0.2) is 0 Å². The molecule has 12 nitrogen and oxygen atoms in total. The summed E-state index contributed by atoms with van der Waals surface area (Å²) in [6, 6.07) is 0. The summed E-state index contributed by atoms with van der Waals surface area (Å²) in [6.45, 7) is 19.3. The van der Waals surface area contributed by atoms with Crippen molar-refractivity contribution in [2.45, 2.75) is 445 Å². The first-order valence-corrected chi connectivity index (χ1v) is 44.2. The van der Waals surface area contributed by atoms with E-state index in [0.717, 1.165) is 96.9 Å². The van der Waals surface area contributed by atoms with Crippen molar-refractivity contribution < 1.29 is 24.6 Å². The fourth-order valence-electron chi connectivity index (χ4n) is 14.3. The van der Waals surface area contributed by atoms with Crippen LogP contribution in [0, 0.1) is 0 Å². The molecule has 0 saturated carbocycles. The molecule has 0 bridgehead atoms. The minimum absolute atomic E-state index is 0.0101. The molecule has 0 aromatic heterocycles. The molecule has 0 spiro atoms. The number of hydrogen-bond donors (Lipinski definition) is 6. The topological polar surface area (TPSA) is 150 Å². The van der Waals surface area contributed by atoms with Gasteiger partial charge >= 0.3 is 0 Å². The molecule has 2 atom stereocenters. The maximum atomic E-state index is 13.6. The van der Waals surface area contributed by atoms with Gasteiger partial charge in [0.2, 0.25) is 17.7 Å². The Morgan fingerprint density at radius 3 is 0.694 bits per heavy atom. The number of hydrogen-bond acceptors (Lipinski definition) is 9. The molecule has 12 heteroatoms. The van der Waals surface area contributed by atoms with Gasteiger partial charge in [0.1, 0.15) is 0 Å². The molecule has 0 aromatic rings. The Balaban J connectivity index is 5.78. The Morgan fingerprint density at radius 1 is 0.245 bits per heavy atom. The van der Waals surface area contributed by atoms with Crippen LogP contribution in [0.25, 0.3) is 0 Å². The summed E-state index contributed by atoms with van der Waals surface area (Å²) in [4.78, 5) is 46.8. The van der Waals surface area contributed by atoms with Crippen LogP contribution >= 0.6 is 0 Å². The van der Waals surface area contributed by atoms with Gasteiger partial charge in [-0.15, -0.1) is 0 Å². The highest BCUT2D eigenvalue weighted by molar-refractivity contribution is 5.81. The van der Waals surface area contributed by atoms with Crippen molar-refractivity contribution in [2.24, 2.45) is 0 Å². The van der Waals surface area contributed by atoms with Crippen molar-refractivity contribution in [1.29, 1.82) is 0 Å². The van der Waals surface area contributed by atoms with Crippen molar-refractivity contribution in [3.05, 3.63) is 0 Å². The number of amides is 3. The van der Waals surface area contributed by atoms with Crippen molar-refractivity contribution in [3.63, 3.8) is 0 Å². The van der Waals surface area contributed by atoms with Gasteiger partial charge in [0, 0.05) is 45.8 Å². The quantitative estimate of drug-likeness (QED) is 0.0327. The monoisotopic (exact) mass is 1390 g/mol. The molecule has 584 valence electrons. The number of nitrogens with one attached hydrogen (secondary N) is 4. The first-order valence-electron chi connectivity index (χ1n) is 44.2. The van der Waals surface area contributed by atoms with Gasteiger partial charge in [-0.05, 0) is 71.1 Å². The van der Waals surface area contributed by atoms with Gasteiger partial charge in [-0.25, -0.2) is 0 Å². The lowest BCUT2D eigenvalue weighted by atomic mass is 10.1. The second-order valence-corrected chi connectivity index (χ2v) is 30.9. The summed E-state index contributed by atoms with van der Waals surface area (Å²) in [5, 5.41) is 36.2. The summed E-state index contributed by atoms with van der Waals surface area (Å²) in [5.74, 6) is -0.125. The molecule has 0 fully saturated rings. The van der Waals surface area contributed by atoms with Gasteiger partial charge in [-0.1, -0.05) is 388 Å². The Morgan fingerprint density at radius 2 is 0.439 bits per heavy atom. The molecular formula is C86H175N7O5. The van der Waals surface area contributed by atoms with Gasteiger partial charge in [-0.3, -0.25) is 19.3 Å². The largest absolute Gasteiger partial charge is 0.390 e. The average Bonchev–Trinajstić information content (AvgIpc) is 1.15. The van der Waals surface area contributed by atoms with Crippen LogP contribution in [-0.4, -0.2) is 146 Å². The summed E-state index contributed by atoms with van der Waals surface area (Å²) < 4.78 is 0. The molecular weight excluding hydrogens is 1210 g/mol. The van der Waals surface area contributed by atoms with Crippen LogP contribution in [0.4, 0.5) is 0 Å². The van der Waals surface area contributed by atoms with Crippen molar-refractivity contribution >= 4 is 17.7 Å². The first kappa shape index (κ1) is 96.2. The third-order valence-corrected chi connectivity index (χ3v) is 20.7. The molecule has 3 amide bonds. The van der Waals surface area contributed by atoms with E-state index in [1.165, 1.54) is 334 Å². The van der Waals surface area contributed by atoms with Gasteiger partial charge in [0.25, 0.3) is 0 Å². The molecule has 0 heterocycles. The van der Waals surface area contributed by atoms with Crippen LogP contribution < -0.4 is 21.3 Å². The van der Waals surface area contributed by atoms with E-state index in [1.54, 1.807) is 0 Å². The third-order valence-electron chi connectivity index (χ3n) is 20.7. The van der Waals surface area contributed by atoms with Crippen LogP contribution in [0.1, 0.15) is 433 Å². The van der Waals surface area contributed by atoms with E-state index in [4.69, 9.17) is 0 Å². The molecule has 2 unspecified atom stereocenters. The van der Waals surface area contributed by atoms with Crippen LogP contribution in [0.15, 0.2) is 0 Å². The fourth-order valence-corrected chi connectivity index (χ4v) is 14.3. The second kappa shape index (κ2) is 80.8. The van der Waals surface area contributed by atoms with Crippen LogP contribution in [-0.2, 0) is 14.4 Å². The SMILES string of the molecule is CCCCCCCCCCCCCCNC(=O)CNCC(O)CN(CCCCCCCCCCCCCC)CCCCN(CCCCCCCCCCCCCC)CC(O)CN(CC(=O)NCCCCCCCCCCCCCC)CC(=O)NCCCCCCCCCCCCCC. The zero-order valence-electron chi connectivity index (χ0n) is 66.9. The predicted octanol–water partition coefficient (Wildman–Crippen LogP) is 21.8. The van der Waals surface area contributed by atoms with Crippen LogP contribution in [0.5, 0.6) is 0 Å². The molecule has 98 heavy (non-hydrogen) atoms. The fraction of sp³-hybridized carbons (Fsp3) is 0.965. The summed E-state index contributed by atoms with van der Waals surface area (Å²) in [5.41, 5.74) is 0. The maximum Gasteiger partial charge on any atom is 0.234 e.